The van der Waals surface area contributed by atoms with Crippen molar-refractivity contribution in [3.8, 4) is 0 Å². The molecule has 6 nitrogen and oxygen atoms in total. The van der Waals surface area contributed by atoms with Gasteiger partial charge in [-0.2, -0.15) is 0 Å². The van der Waals surface area contributed by atoms with Crippen LogP contribution in [0.1, 0.15) is 355 Å². The lowest BCUT2D eigenvalue weighted by molar-refractivity contribution is -0.167. The average Bonchev–Trinajstić information content (AvgIpc) is 3.46. The van der Waals surface area contributed by atoms with Gasteiger partial charge in [0.2, 0.25) is 0 Å². The molecule has 0 amide bonds. The van der Waals surface area contributed by atoms with Crippen LogP contribution < -0.4 is 0 Å². The second kappa shape index (κ2) is 69.1. The molecule has 0 aromatic heterocycles. The summed E-state index contributed by atoms with van der Waals surface area (Å²) in [7, 11) is 0. The summed E-state index contributed by atoms with van der Waals surface area (Å²) in [6.07, 6.45) is 91.9. The lowest BCUT2D eigenvalue weighted by Gasteiger charge is -2.18. The standard InChI is InChI=1S/C75H132O6/c1-4-7-10-13-16-19-22-25-27-28-29-30-31-32-33-34-35-36-37-38-39-40-41-42-43-44-45-46-48-50-53-56-59-62-65-68-74(77)80-71-72(70-79-73(76)67-64-61-58-55-52-49-24-21-18-15-12-9-6-3)81-75(78)69-66-63-60-57-54-51-47-26-23-20-17-14-11-8-5-2/h7,10,16,19,21,24-27,29-30,32-33,47,72H,4-6,8-9,11-15,17-18,20,22-23,28,31,34-46,48-71H2,1-3H3/b10-7-,19-16-,24-21-,27-25-,30-29-,33-32-,47-26-. The molecule has 468 valence electrons. The highest BCUT2D eigenvalue weighted by molar-refractivity contribution is 5.71. The van der Waals surface area contributed by atoms with Crippen molar-refractivity contribution in [3.63, 3.8) is 0 Å². The largest absolute Gasteiger partial charge is 0.462 e. The molecule has 0 saturated carbocycles. The van der Waals surface area contributed by atoms with Crippen LogP contribution in [0.15, 0.2) is 85.1 Å². The van der Waals surface area contributed by atoms with Crippen LogP contribution in [0.5, 0.6) is 0 Å². The smallest absolute Gasteiger partial charge is 0.306 e. The van der Waals surface area contributed by atoms with Crippen LogP contribution in [0.4, 0.5) is 0 Å². The third-order valence-corrected chi connectivity index (χ3v) is 15.4. The SMILES string of the molecule is CC/C=C\C/C=C\C/C=C\C/C=C\C/C=C\CCCCCCCCCCCCCCCCCCCCCC(=O)OCC(COC(=O)CCCCCCC/C=C\CCCCCC)OC(=O)CCCCCCC/C=C\CCCCCCCC. The summed E-state index contributed by atoms with van der Waals surface area (Å²) in [5.74, 6) is -0.877. The van der Waals surface area contributed by atoms with Crippen LogP contribution in [-0.4, -0.2) is 37.2 Å². The van der Waals surface area contributed by atoms with E-state index >= 15 is 0 Å². The zero-order chi connectivity index (χ0) is 58.5. The fourth-order valence-corrected chi connectivity index (χ4v) is 10.1. The third-order valence-electron chi connectivity index (χ3n) is 15.4. The molecule has 0 spiro atoms. The maximum atomic E-state index is 12.9. The van der Waals surface area contributed by atoms with Gasteiger partial charge in [-0.25, -0.2) is 0 Å². The van der Waals surface area contributed by atoms with E-state index in [1.807, 2.05) is 0 Å². The number of carbonyl (C=O) groups excluding carboxylic acids is 3. The van der Waals surface area contributed by atoms with Gasteiger partial charge in [-0.3, -0.25) is 14.4 Å². The van der Waals surface area contributed by atoms with Crippen molar-refractivity contribution in [1.29, 1.82) is 0 Å². The van der Waals surface area contributed by atoms with Crippen LogP contribution in [-0.2, 0) is 28.6 Å². The monoisotopic (exact) mass is 1130 g/mol. The summed E-state index contributed by atoms with van der Waals surface area (Å²) >= 11 is 0. The first-order valence-electron chi connectivity index (χ1n) is 35.1. The maximum Gasteiger partial charge on any atom is 0.306 e. The Kier molecular flexibility index (Phi) is 66.2. The summed E-state index contributed by atoms with van der Waals surface area (Å²) in [5, 5.41) is 0. The fourth-order valence-electron chi connectivity index (χ4n) is 10.1. The summed E-state index contributed by atoms with van der Waals surface area (Å²) in [4.78, 5) is 38.3. The van der Waals surface area contributed by atoms with E-state index in [0.29, 0.717) is 19.3 Å². The van der Waals surface area contributed by atoms with Gasteiger partial charge in [0, 0.05) is 19.3 Å². The second-order valence-electron chi connectivity index (χ2n) is 23.4. The molecule has 6 heteroatoms. The van der Waals surface area contributed by atoms with E-state index in [0.717, 1.165) is 109 Å². The topological polar surface area (TPSA) is 78.9 Å². The minimum atomic E-state index is -0.782. The van der Waals surface area contributed by atoms with Crippen molar-refractivity contribution in [3.05, 3.63) is 85.1 Å². The van der Waals surface area contributed by atoms with Gasteiger partial charge in [0.1, 0.15) is 13.2 Å². The van der Waals surface area contributed by atoms with Crippen molar-refractivity contribution in [2.45, 2.75) is 361 Å². The Labute approximate surface area is 503 Å². The second-order valence-corrected chi connectivity index (χ2v) is 23.4. The minimum Gasteiger partial charge on any atom is -0.462 e. The molecular formula is C75H132O6. The van der Waals surface area contributed by atoms with E-state index < -0.39 is 6.10 Å². The highest BCUT2D eigenvalue weighted by Gasteiger charge is 2.19. The molecule has 0 aliphatic heterocycles. The Morgan fingerprint density at radius 1 is 0.259 bits per heavy atom. The summed E-state index contributed by atoms with van der Waals surface area (Å²) < 4.78 is 16.9. The number of allylic oxidation sites excluding steroid dienone is 14. The van der Waals surface area contributed by atoms with Crippen LogP contribution in [0.2, 0.25) is 0 Å². The third kappa shape index (κ3) is 67.3. The van der Waals surface area contributed by atoms with Gasteiger partial charge >= 0.3 is 17.9 Å². The molecule has 0 aromatic carbocycles. The lowest BCUT2D eigenvalue weighted by atomic mass is 10.0. The normalized spacial score (nSPS) is 12.6. The first kappa shape index (κ1) is 77.6. The van der Waals surface area contributed by atoms with Gasteiger partial charge in [0.15, 0.2) is 6.10 Å². The first-order valence-corrected chi connectivity index (χ1v) is 35.1. The van der Waals surface area contributed by atoms with Crippen molar-refractivity contribution >= 4 is 17.9 Å². The van der Waals surface area contributed by atoms with E-state index in [9.17, 15) is 14.4 Å². The molecule has 0 aromatic rings. The molecule has 1 atom stereocenters. The Bertz CT molecular complexity index is 1530. The molecule has 0 aliphatic rings. The molecule has 0 aliphatic carbocycles. The van der Waals surface area contributed by atoms with Crippen LogP contribution in [0.25, 0.3) is 0 Å². The molecule has 0 bridgehead atoms. The number of rotatable bonds is 64. The maximum absolute atomic E-state index is 12.9. The van der Waals surface area contributed by atoms with E-state index in [-0.39, 0.29) is 31.1 Å². The molecule has 0 N–H and O–H groups in total. The molecule has 0 heterocycles. The molecule has 0 fully saturated rings. The predicted octanol–water partition coefficient (Wildman–Crippen LogP) is 24.2. The first-order chi connectivity index (χ1) is 40.0. The summed E-state index contributed by atoms with van der Waals surface area (Å²) in [5.41, 5.74) is 0. The minimum absolute atomic E-state index is 0.0777. The van der Waals surface area contributed by atoms with Gasteiger partial charge < -0.3 is 14.2 Å². The van der Waals surface area contributed by atoms with Crippen LogP contribution in [0, 0.1) is 0 Å². The fraction of sp³-hybridized carbons (Fsp3) is 0.773. The number of unbranched alkanes of at least 4 members (excludes halogenated alkanes) is 39. The predicted molar refractivity (Wildman–Crippen MR) is 353 cm³/mol. The van der Waals surface area contributed by atoms with Crippen LogP contribution >= 0.6 is 0 Å². The lowest BCUT2D eigenvalue weighted by Crippen LogP contribution is -2.30. The number of hydrogen-bond acceptors (Lipinski definition) is 6. The summed E-state index contributed by atoms with van der Waals surface area (Å²) in [6, 6.07) is 0. The van der Waals surface area contributed by atoms with E-state index in [2.05, 4.69) is 106 Å². The Balaban J connectivity index is 4.11. The van der Waals surface area contributed by atoms with E-state index in [1.54, 1.807) is 0 Å². The molecule has 0 saturated heterocycles. The molecule has 0 radical (unpaired) electrons. The van der Waals surface area contributed by atoms with Crippen molar-refractivity contribution in [2.75, 3.05) is 13.2 Å². The number of carbonyl (C=O) groups is 3. The van der Waals surface area contributed by atoms with E-state index in [1.165, 1.54) is 205 Å². The zero-order valence-electron chi connectivity index (χ0n) is 53.8. The molecular weight excluding hydrogens is 997 g/mol. The highest BCUT2D eigenvalue weighted by atomic mass is 16.6. The molecule has 1 unspecified atom stereocenters. The van der Waals surface area contributed by atoms with Gasteiger partial charge in [-0.05, 0) is 116 Å². The zero-order valence-corrected chi connectivity index (χ0v) is 53.8. The molecule has 0 rings (SSSR count). The van der Waals surface area contributed by atoms with Gasteiger partial charge in [-0.1, -0.05) is 305 Å². The Hall–Kier alpha value is -3.41. The Morgan fingerprint density at radius 2 is 0.481 bits per heavy atom. The number of hydrogen-bond donors (Lipinski definition) is 0. The Morgan fingerprint density at radius 3 is 0.778 bits per heavy atom. The highest BCUT2D eigenvalue weighted by Crippen LogP contribution is 2.17. The van der Waals surface area contributed by atoms with Crippen molar-refractivity contribution in [1.82, 2.24) is 0 Å². The van der Waals surface area contributed by atoms with Crippen molar-refractivity contribution < 1.29 is 28.6 Å². The quantitative estimate of drug-likeness (QED) is 0.0261. The molecule has 81 heavy (non-hydrogen) atoms. The average molecular weight is 1130 g/mol. The number of ether oxygens (including phenoxy) is 3. The van der Waals surface area contributed by atoms with Crippen LogP contribution in [0.3, 0.4) is 0 Å². The number of esters is 3. The van der Waals surface area contributed by atoms with Gasteiger partial charge in [0.05, 0.1) is 0 Å². The van der Waals surface area contributed by atoms with Crippen molar-refractivity contribution in [2.24, 2.45) is 0 Å². The van der Waals surface area contributed by atoms with Gasteiger partial charge in [0.25, 0.3) is 0 Å². The summed E-state index contributed by atoms with van der Waals surface area (Å²) in [6.45, 7) is 6.53. The van der Waals surface area contributed by atoms with Gasteiger partial charge in [-0.15, -0.1) is 0 Å². The van der Waals surface area contributed by atoms with E-state index in [4.69, 9.17) is 14.2 Å².